The van der Waals surface area contributed by atoms with Crippen molar-refractivity contribution in [2.45, 2.75) is 6.04 Å². The van der Waals surface area contributed by atoms with Crippen molar-refractivity contribution in [2.75, 3.05) is 13.1 Å². The van der Waals surface area contributed by atoms with Crippen LogP contribution in [0.25, 0.3) is 0 Å². The number of imide groups is 1. The number of fused-ring (bicyclic) bond motifs is 1. The third-order valence-corrected chi connectivity index (χ3v) is 2.76. The van der Waals surface area contributed by atoms with E-state index < -0.39 is 12.2 Å². The Kier molecular flexibility index (Phi) is 1.66. The van der Waals surface area contributed by atoms with E-state index in [1.807, 2.05) is 0 Å². The quantitative estimate of drug-likeness (QED) is 0.530. The van der Waals surface area contributed by atoms with Gasteiger partial charge in [-0.1, -0.05) is 0 Å². The van der Waals surface area contributed by atoms with Crippen LogP contribution in [0.2, 0.25) is 0 Å². The zero-order chi connectivity index (χ0) is 9.59. The Bertz CT molecular complexity index is 243. The van der Waals surface area contributed by atoms with Crippen molar-refractivity contribution >= 4 is 12.2 Å². The number of rotatable bonds is 1. The van der Waals surface area contributed by atoms with Crippen LogP contribution < -0.4 is 5.32 Å². The van der Waals surface area contributed by atoms with E-state index in [1.165, 1.54) is 0 Å². The van der Waals surface area contributed by atoms with Gasteiger partial charge in [0.2, 0.25) is 0 Å². The molecule has 1 saturated heterocycles. The van der Waals surface area contributed by atoms with E-state index >= 15 is 0 Å². The van der Waals surface area contributed by atoms with Crippen LogP contribution in [0.5, 0.6) is 0 Å². The minimum Gasteiger partial charge on any atom is -0.465 e. The number of nitrogens with zero attached hydrogens (tertiary/aromatic N) is 1. The van der Waals surface area contributed by atoms with Gasteiger partial charge in [-0.15, -0.1) is 0 Å². The minimum atomic E-state index is -1.37. The van der Waals surface area contributed by atoms with Gasteiger partial charge in [0.05, 0.1) is 6.04 Å². The summed E-state index contributed by atoms with van der Waals surface area (Å²) in [5, 5.41) is 20.3. The fourth-order valence-electron chi connectivity index (χ4n) is 2.11. The zero-order valence-electron chi connectivity index (χ0n) is 6.80. The van der Waals surface area contributed by atoms with Crippen LogP contribution in [0, 0.1) is 11.8 Å². The molecule has 3 N–H and O–H groups in total. The number of amides is 2. The van der Waals surface area contributed by atoms with Crippen molar-refractivity contribution in [3.8, 4) is 0 Å². The third kappa shape index (κ3) is 1.14. The second-order valence-corrected chi connectivity index (χ2v) is 3.41. The smallest absolute Gasteiger partial charge is 0.417 e. The number of hydrogen-bond donors (Lipinski definition) is 3. The SMILES string of the molecule is O=C(O)N(C(=O)O)C1[C@H]2CNC[C@@H]12. The molecule has 1 heterocycles. The third-order valence-electron chi connectivity index (χ3n) is 2.76. The molecular weight excluding hydrogens is 176 g/mol. The van der Waals surface area contributed by atoms with Gasteiger partial charge in [0.15, 0.2) is 0 Å². The van der Waals surface area contributed by atoms with E-state index in [0.29, 0.717) is 4.90 Å². The standard InChI is InChI=1S/C7H10N2O4/c10-6(11)9(7(12)13)5-3-1-8-2-4(3)5/h3-5,8H,1-2H2,(H,10,11)(H,12,13)/t3-,4+,5?. The molecule has 3 atom stereocenters. The number of carbonyl (C=O) groups is 2. The largest absolute Gasteiger partial charge is 0.465 e. The van der Waals surface area contributed by atoms with E-state index in [2.05, 4.69) is 5.32 Å². The summed E-state index contributed by atoms with van der Waals surface area (Å²) in [6.45, 7) is 1.46. The van der Waals surface area contributed by atoms with Gasteiger partial charge in [0.1, 0.15) is 0 Å². The van der Waals surface area contributed by atoms with Gasteiger partial charge in [-0.05, 0) is 11.8 Å². The number of hydrogen-bond acceptors (Lipinski definition) is 3. The molecule has 0 bridgehead atoms. The first kappa shape index (κ1) is 8.31. The van der Waals surface area contributed by atoms with Crippen LogP contribution in [-0.2, 0) is 0 Å². The first-order valence-corrected chi connectivity index (χ1v) is 4.08. The predicted octanol–water partition coefficient (Wildman–Crippen LogP) is -0.138. The summed E-state index contributed by atoms with van der Waals surface area (Å²) in [7, 11) is 0. The first-order chi connectivity index (χ1) is 6.13. The van der Waals surface area contributed by atoms with Crippen LogP contribution in [0.4, 0.5) is 9.59 Å². The highest BCUT2D eigenvalue weighted by Gasteiger charge is 2.59. The number of piperidine rings is 1. The maximum absolute atomic E-state index is 10.6. The van der Waals surface area contributed by atoms with Crippen molar-refractivity contribution in [1.82, 2.24) is 10.2 Å². The van der Waals surface area contributed by atoms with E-state index in [9.17, 15) is 9.59 Å². The first-order valence-electron chi connectivity index (χ1n) is 4.08. The summed E-state index contributed by atoms with van der Waals surface area (Å²) in [5.41, 5.74) is 0. The lowest BCUT2D eigenvalue weighted by Gasteiger charge is -2.15. The minimum absolute atomic E-state index is 0.201. The second-order valence-electron chi connectivity index (χ2n) is 3.41. The van der Waals surface area contributed by atoms with Crippen LogP contribution in [0.1, 0.15) is 0 Å². The van der Waals surface area contributed by atoms with Crippen molar-refractivity contribution in [3.63, 3.8) is 0 Å². The molecule has 6 nitrogen and oxygen atoms in total. The Morgan fingerprint density at radius 3 is 2.00 bits per heavy atom. The average molecular weight is 186 g/mol. The molecule has 1 aliphatic heterocycles. The van der Waals surface area contributed by atoms with Gasteiger partial charge in [-0.2, -0.15) is 0 Å². The lowest BCUT2D eigenvalue weighted by atomic mass is 10.4. The van der Waals surface area contributed by atoms with Gasteiger partial charge in [-0.25, -0.2) is 14.5 Å². The molecule has 2 aliphatic rings. The maximum atomic E-state index is 10.6. The number of carboxylic acid groups (broad SMARTS) is 2. The summed E-state index contributed by atoms with van der Waals surface area (Å²) >= 11 is 0. The topological polar surface area (TPSA) is 89.9 Å². The Morgan fingerprint density at radius 2 is 1.62 bits per heavy atom. The second kappa shape index (κ2) is 2.59. The summed E-state index contributed by atoms with van der Waals surface area (Å²) in [5.74, 6) is 0.402. The molecular formula is C7H10N2O4. The van der Waals surface area contributed by atoms with Crippen molar-refractivity contribution in [2.24, 2.45) is 11.8 Å². The van der Waals surface area contributed by atoms with E-state index in [4.69, 9.17) is 10.2 Å². The van der Waals surface area contributed by atoms with Gasteiger partial charge in [-0.3, -0.25) is 0 Å². The van der Waals surface area contributed by atoms with Crippen molar-refractivity contribution < 1.29 is 19.8 Å². The molecule has 1 aliphatic carbocycles. The normalized spacial score (nSPS) is 35.2. The summed E-state index contributed by atoms with van der Waals surface area (Å²) in [6, 6.07) is -0.309. The van der Waals surface area contributed by atoms with E-state index in [-0.39, 0.29) is 17.9 Å². The van der Waals surface area contributed by atoms with Gasteiger partial charge in [0, 0.05) is 13.1 Å². The number of nitrogens with one attached hydrogen (secondary N) is 1. The Balaban J connectivity index is 2.06. The molecule has 0 aromatic rings. The molecule has 0 radical (unpaired) electrons. The summed E-state index contributed by atoms with van der Waals surface area (Å²) in [4.78, 5) is 21.7. The van der Waals surface area contributed by atoms with Crippen LogP contribution in [0.15, 0.2) is 0 Å². The molecule has 1 saturated carbocycles. The van der Waals surface area contributed by atoms with Crippen LogP contribution in [0.3, 0.4) is 0 Å². The van der Waals surface area contributed by atoms with E-state index in [1.54, 1.807) is 0 Å². The highest BCUT2D eigenvalue weighted by atomic mass is 16.4. The highest BCUT2D eigenvalue weighted by molar-refractivity contribution is 5.86. The predicted molar refractivity (Wildman–Crippen MR) is 41.5 cm³/mol. The van der Waals surface area contributed by atoms with Gasteiger partial charge in [0.25, 0.3) is 0 Å². The van der Waals surface area contributed by atoms with Gasteiger partial charge < -0.3 is 15.5 Å². The molecule has 6 heteroatoms. The molecule has 0 aromatic heterocycles. The molecule has 0 spiro atoms. The highest BCUT2D eigenvalue weighted by Crippen LogP contribution is 2.45. The molecule has 2 amide bonds. The lowest BCUT2D eigenvalue weighted by molar-refractivity contribution is 0.116. The Morgan fingerprint density at radius 1 is 1.15 bits per heavy atom. The fraction of sp³-hybridized carbons (Fsp3) is 0.714. The molecule has 2 fully saturated rings. The Hall–Kier alpha value is -1.30. The Labute approximate surface area is 74.1 Å². The molecule has 0 aromatic carbocycles. The molecule has 2 rings (SSSR count). The zero-order valence-corrected chi connectivity index (χ0v) is 6.80. The van der Waals surface area contributed by atoms with Crippen LogP contribution in [-0.4, -0.2) is 46.4 Å². The van der Waals surface area contributed by atoms with Gasteiger partial charge >= 0.3 is 12.2 Å². The van der Waals surface area contributed by atoms with Crippen molar-refractivity contribution in [3.05, 3.63) is 0 Å². The molecule has 13 heavy (non-hydrogen) atoms. The fourth-order valence-corrected chi connectivity index (χ4v) is 2.11. The summed E-state index contributed by atoms with van der Waals surface area (Å²) < 4.78 is 0. The van der Waals surface area contributed by atoms with Crippen LogP contribution >= 0.6 is 0 Å². The van der Waals surface area contributed by atoms with Crippen molar-refractivity contribution in [1.29, 1.82) is 0 Å². The van der Waals surface area contributed by atoms with E-state index in [0.717, 1.165) is 13.1 Å². The molecule has 72 valence electrons. The maximum Gasteiger partial charge on any atom is 0.417 e. The monoisotopic (exact) mass is 186 g/mol. The average Bonchev–Trinajstić information content (AvgIpc) is 2.53. The summed E-state index contributed by atoms with van der Waals surface area (Å²) in [6.07, 6.45) is -2.74. The lowest BCUT2D eigenvalue weighted by Crippen LogP contribution is -2.40. The molecule has 1 unspecified atom stereocenters.